The van der Waals surface area contributed by atoms with Gasteiger partial charge >= 0.3 is 0 Å². The SMILES string of the molecule is CC(C)CNC(=O)c1ccnc(N2CCN(c3cccc(Cl)c3)CC2)n1. The molecule has 1 N–H and O–H groups in total. The fourth-order valence-electron chi connectivity index (χ4n) is 2.85. The molecular weight excluding hydrogens is 350 g/mol. The number of aromatic nitrogens is 2. The second-order valence-electron chi connectivity index (χ2n) is 6.80. The van der Waals surface area contributed by atoms with Gasteiger partial charge in [0, 0.05) is 49.6 Å². The number of carbonyl (C=O) groups excluding carboxylic acids is 1. The van der Waals surface area contributed by atoms with E-state index in [1.807, 2.05) is 18.2 Å². The lowest BCUT2D eigenvalue weighted by molar-refractivity contribution is 0.0944. The number of hydrogen-bond acceptors (Lipinski definition) is 5. The summed E-state index contributed by atoms with van der Waals surface area (Å²) >= 11 is 6.09. The van der Waals surface area contributed by atoms with Crippen LogP contribution in [0.2, 0.25) is 5.02 Å². The monoisotopic (exact) mass is 373 g/mol. The fraction of sp³-hybridized carbons (Fsp3) is 0.421. The van der Waals surface area contributed by atoms with Crippen LogP contribution in [0.5, 0.6) is 0 Å². The molecule has 6 nitrogen and oxygen atoms in total. The van der Waals surface area contributed by atoms with Crippen molar-refractivity contribution in [2.75, 3.05) is 42.5 Å². The highest BCUT2D eigenvalue weighted by atomic mass is 35.5. The third kappa shape index (κ3) is 4.64. The van der Waals surface area contributed by atoms with Crippen LogP contribution in [0.25, 0.3) is 0 Å². The van der Waals surface area contributed by atoms with Crippen molar-refractivity contribution in [3.05, 3.63) is 47.2 Å². The first-order valence-electron chi connectivity index (χ1n) is 8.89. The summed E-state index contributed by atoms with van der Waals surface area (Å²) in [7, 11) is 0. The number of carbonyl (C=O) groups is 1. The van der Waals surface area contributed by atoms with Crippen molar-refractivity contribution in [2.45, 2.75) is 13.8 Å². The van der Waals surface area contributed by atoms with Crippen molar-refractivity contribution in [1.82, 2.24) is 15.3 Å². The van der Waals surface area contributed by atoms with E-state index in [0.717, 1.165) is 36.9 Å². The average Bonchev–Trinajstić information content (AvgIpc) is 2.66. The molecule has 0 atom stereocenters. The Labute approximate surface area is 159 Å². The maximum absolute atomic E-state index is 12.2. The predicted octanol–water partition coefficient (Wildman–Crippen LogP) is 2.84. The summed E-state index contributed by atoms with van der Waals surface area (Å²) < 4.78 is 0. The number of anilines is 2. The lowest BCUT2D eigenvalue weighted by Gasteiger charge is -2.36. The van der Waals surface area contributed by atoms with Gasteiger partial charge in [0.15, 0.2) is 0 Å². The Bertz CT molecular complexity index is 759. The van der Waals surface area contributed by atoms with E-state index in [9.17, 15) is 4.79 Å². The summed E-state index contributed by atoms with van der Waals surface area (Å²) in [5.74, 6) is 0.854. The quantitative estimate of drug-likeness (QED) is 0.873. The van der Waals surface area contributed by atoms with E-state index < -0.39 is 0 Å². The van der Waals surface area contributed by atoms with Crippen LogP contribution in [-0.4, -0.2) is 48.6 Å². The standard InChI is InChI=1S/C19H24ClN5O/c1-14(2)13-22-18(26)17-6-7-21-19(23-17)25-10-8-24(9-11-25)16-5-3-4-15(20)12-16/h3-7,12,14H,8-11,13H2,1-2H3,(H,22,26). The molecule has 1 aromatic carbocycles. The Morgan fingerprint density at radius 1 is 1.19 bits per heavy atom. The average molecular weight is 374 g/mol. The molecule has 3 rings (SSSR count). The molecule has 0 radical (unpaired) electrons. The molecule has 0 aliphatic carbocycles. The van der Waals surface area contributed by atoms with Gasteiger partial charge in [-0.05, 0) is 30.2 Å². The maximum Gasteiger partial charge on any atom is 0.270 e. The molecule has 1 saturated heterocycles. The van der Waals surface area contributed by atoms with Gasteiger partial charge in [-0.1, -0.05) is 31.5 Å². The fourth-order valence-corrected chi connectivity index (χ4v) is 3.04. The summed E-state index contributed by atoms with van der Waals surface area (Å²) in [6, 6.07) is 9.55. The molecule has 1 aliphatic rings. The van der Waals surface area contributed by atoms with Crippen molar-refractivity contribution in [1.29, 1.82) is 0 Å². The molecule has 1 fully saturated rings. The summed E-state index contributed by atoms with van der Waals surface area (Å²) in [4.78, 5) is 25.4. The van der Waals surface area contributed by atoms with Crippen LogP contribution < -0.4 is 15.1 Å². The van der Waals surface area contributed by atoms with Gasteiger partial charge < -0.3 is 15.1 Å². The minimum Gasteiger partial charge on any atom is -0.368 e. The van der Waals surface area contributed by atoms with Gasteiger partial charge in [0.05, 0.1) is 0 Å². The number of nitrogens with zero attached hydrogens (tertiary/aromatic N) is 4. The zero-order valence-electron chi connectivity index (χ0n) is 15.2. The van der Waals surface area contributed by atoms with Crippen LogP contribution in [0.4, 0.5) is 11.6 Å². The molecule has 0 saturated carbocycles. The summed E-state index contributed by atoms with van der Waals surface area (Å²) in [5, 5.41) is 3.64. The van der Waals surface area contributed by atoms with Crippen LogP contribution in [0.3, 0.4) is 0 Å². The van der Waals surface area contributed by atoms with Crippen molar-refractivity contribution in [3.63, 3.8) is 0 Å². The van der Waals surface area contributed by atoms with E-state index in [-0.39, 0.29) is 5.91 Å². The molecule has 2 heterocycles. The molecule has 2 aromatic rings. The molecular formula is C19H24ClN5O. The van der Waals surface area contributed by atoms with Gasteiger partial charge in [0.25, 0.3) is 5.91 Å². The zero-order valence-corrected chi connectivity index (χ0v) is 15.9. The summed E-state index contributed by atoms with van der Waals surface area (Å²) in [5.41, 5.74) is 1.54. The van der Waals surface area contributed by atoms with Gasteiger partial charge in [-0.25, -0.2) is 9.97 Å². The number of halogens is 1. The Hall–Kier alpha value is -2.34. The topological polar surface area (TPSA) is 61.4 Å². The van der Waals surface area contributed by atoms with E-state index in [4.69, 9.17) is 11.6 Å². The van der Waals surface area contributed by atoms with Gasteiger partial charge in [-0.2, -0.15) is 0 Å². The highest BCUT2D eigenvalue weighted by Gasteiger charge is 2.20. The number of nitrogens with one attached hydrogen (secondary N) is 1. The van der Waals surface area contributed by atoms with Gasteiger partial charge in [0.1, 0.15) is 5.69 Å². The molecule has 1 aliphatic heterocycles. The van der Waals surface area contributed by atoms with Crippen LogP contribution in [-0.2, 0) is 0 Å². The van der Waals surface area contributed by atoms with E-state index in [2.05, 4.69) is 45.0 Å². The second kappa shape index (κ2) is 8.36. The zero-order chi connectivity index (χ0) is 18.5. The lowest BCUT2D eigenvalue weighted by Crippen LogP contribution is -2.47. The van der Waals surface area contributed by atoms with Crippen molar-refractivity contribution >= 4 is 29.1 Å². The third-order valence-corrected chi connectivity index (χ3v) is 4.52. The number of hydrogen-bond donors (Lipinski definition) is 1. The van der Waals surface area contributed by atoms with Crippen molar-refractivity contribution < 1.29 is 4.79 Å². The van der Waals surface area contributed by atoms with E-state index >= 15 is 0 Å². The number of rotatable bonds is 5. The molecule has 7 heteroatoms. The highest BCUT2D eigenvalue weighted by Crippen LogP contribution is 2.21. The minimum absolute atomic E-state index is 0.153. The van der Waals surface area contributed by atoms with Crippen molar-refractivity contribution in [3.8, 4) is 0 Å². The Morgan fingerprint density at radius 2 is 1.92 bits per heavy atom. The number of benzene rings is 1. The summed E-state index contributed by atoms with van der Waals surface area (Å²) in [6.07, 6.45) is 1.65. The summed E-state index contributed by atoms with van der Waals surface area (Å²) in [6.45, 7) is 8.06. The second-order valence-corrected chi connectivity index (χ2v) is 7.24. The lowest BCUT2D eigenvalue weighted by atomic mass is 10.2. The van der Waals surface area contributed by atoms with Gasteiger partial charge in [0.2, 0.25) is 5.95 Å². The molecule has 1 aromatic heterocycles. The van der Waals surface area contributed by atoms with Gasteiger partial charge in [-0.15, -0.1) is 0 Å². The predicted molar refractivity (Wildman–Crippen MR) is 105 cm³/mol. The van der Waals surface area contributed by atoms with Crippen LogP contribution in [0.1, 0.15) is 24.3 Å². The number of piperazine rings is 1. The van der Waals surface area contributed by atoms with Crippen LogP contribution in [0.15, 0.2) is 36.5 Å². The first-order chi connectivity index (χ1) is 12.5. The smallest absolute Gasteiger partial charge is 0.270 e. The largest absolute Gasteiger partial charge is 0.368 e. The molecule has 138 valence electrons. The molecule has 26 heavy (non-hydrogen) atoms. The van der Waals surface area contributed by atoms with E-state index in [0.29, 0.717) is 24.1 Å². The third-order valence-electron chi connectivity index (χ3n) is 4.28. The molecule has 0 spiro atoms. The van der Waals surface area contributed by atoms with Gasteiger partial charge in [-0.3, -0.25) is 4.79 Å². The normalized spacial score (nSPS) is 14.6. The first kappa shape index (κ1) is 18.5. The molecule has 0 bridgehead atoms. The Balaban J connectivity index is 1.62. The Morgan fingerprint density at radius 3 is 2.62 bits per heavy atom. The van der Waals surface area contributed by atoms with Crippen molar-refractivity contribution in [2.24, 2.45) is 5.92 Å². The minimum atomic E-state index is -0.153. The molecule has 1 amide bonds. The Kier molecular flexibility index (Phi) is 5.93. The maximum atomic E-state index is 12.2. The highest BCUT2D eigenvalue weighted by molar-refractivity contribution is 6.30. The van der Waals surface area contributed by atoms with E-state index in [1.165, 1.54) is 0 Å². The van der Waals surface area contributed by atoms with Crippen LogP contribution in [0, 0.1) is 5.92 Å². The van der Waals surface area contributed by atoms with Crippen LogP contribution >= 0.6 is 11.6 Å². The number of amides is 1. The molecule has 0 unspecified atom stereocenters. The first-order valence-corrected chi connectivity index (χ1v) is 9.27. The van der Waals surface area contributed by atoms with E-state index in [1.54, 1.807) is 12.3 Å².